The molecule has 0 aliphatic carbocycles. The minimum absolute atomic E-state index is 0.441. The van der Waals surface area contributed by atoms with Crippen molar-refractivity contribution in [2.45, 2.75) is 12.6 Å². The average molecular weight is 167 g/mol. The number of ether oxygens (including phenoxy) is 1. The Morgan fingerprint density at radius 1 is 1.50 bits per heavy atom. The van der Waals surface area contributed by atoms with E-state index in [0.29, 0.717) is 30.0 Å². The molecule has 3 heteroatoms. The third-order valence-electron chi connectivity index (χ3n) is 2.00. The number of anilines is 1. The fraction of sp³-hybridized carbons (Fsp3) is 0.333. The summed E-state index contributed by atoms with van der Waals surface area (Å²) in [5, 5.41) is 0. The van der Waals surface area contributed by atoms with Gasteiger partial charge in [-0.1, -0.05) is 6.07 Å². The molecule has 0 bridgehead atoms. The van der Waals surface area contributed by atoms with E-state index in [1.165, 1.54) is 0 Å². The van der Waals surface area contributed by atoms with Crippen molar-refractivity contribution < 1.29 is 9.13 Å². The molecule has 2 rings (SSSR count). The molecule has 0 fully saturated rings. The first-order chi connectivity index (χ1) is 5.77. The number of hydrogen-bond acceptors (Lipinski definition) is 2. The first-order valence-electron chi connectivity index (χ1n) is 3.93. The number of alkyl halides is 1. The van der Waals surface area contributed by atoms with Crippen LogP contribution in [0.2, 0.25) is 0 Å². The van der Waals surface area contributed by atoms with Crippen LogP contribution in [0.3, 0.4) is 0 Å². The van der Waals surface area contributed by atoms with E-state index in [0.717, 1.165) is 0 Å². The molecule has 1 aromatic rings. The Hall–Kier alpha value is -1.25. The third-order valence-corrected chi connectivity index (χ3v) is 2.00. The molecule has 12 heavy (non-hydrogen) atoms. The van der Waals surface area contributed by atoms with Gasteiger partial charge in [0.1, 0.15) is 11.9 Å². The van der Waals surface area contributed by atoms with Gasteiger partial charge < -0.3 is 10.5 Å². The number of halogens is 1. The van der Waals surface area contributed by atoms with Gasteiger partial charge in [0.05, 0.1) is 6.61 Å². The van der Waals surface area contributed by atoms with Gasteiger partial charge in [0.25, 0.3) is 0 Å². The summed E-state index contributed by atoms with van der Waals surface area (Å²) >= 11 is 0. The molecule has 1 atom stereocenters. The zero-order valence-electron chi connectivity index (χ0n) is 6.59. The molecule has 64 valence electrons. The van der Waals surface area contributed by atoms with E-state index in [-0.39, 0.29) is 0 Å². The Labute approximate surface area is 70.1 Å². The van der Waals surface area contributed by atoms with Crippen molar-refractivity contribution in [2.24, 2.45) is 0 Å². The molecule has 1 heterocycles. The summed E-state index contributed by atoms with van der Waals surface area (Å²) < 4.78 is 18.4. The zero-order valence-corrected chi connectivity index (χ0v) is 6.59. The molecular formula is C9H10FNO. The van der Waals surface area contributed by atoms with E-state index < -0.39 is 6.17 Å². The van der Waals surface area contributed by atoms with E-state index >= 15 is 0 Å². The van der Waals surface area contributed by atoms with Crippen molar-refractivity contribution in [3.05, 3.63) is 23.8 Å². The molecule has 0 amide bonds. The van der Waals surface area contributed by atoms with Gasteiger partial charge in [0.15, 0.2) is 0 Å². The van der Waals surface area contributed by atoms with Crippen molar-refractivity contribution in [1.29, 1.82) is 0 Å². The largest absolute Gasteiger partial charge is 0.493 e. The predicted molar refractivity (Wildman–Crippen MR) is 44.8 cm³/mol. The minimum atomic E-state index is -0.894. The summed E-state index contributed by atoms with van der Waals surface area (Å²) in [5.41, 5.74) is 6.76. The highest BCUT2D eigenvalue weighted by atomic mass is 19.1. The SMILES string of the molecule is Nc1ccc2c(c1)OCCC2F. The number of fused-ring (bicyclic) bond motifs is 1. The van der Waals surface area contributed by atoms with Crippen LogP contribution in [0.5, 0.6) is 5.75 Å². The second-order valence-electron chi connectivity index (χ2n) is 2.90. The van der Waals surface area contributed by atoms with Crippen molar-refractivity contribution in [3.8, 4) is 5.75 Å². The van der Waals surface area contributed by atoms with E-state index in [4.69, 9.17) is 10.5 Å². The van der Waals surface area contributed by atoms with Crippen molar-refractivity contribution in [1.82, 2.24) is 0 Å². The summed E-state index contributed by atoms with van der Waals surface area (Å²) in [6.07, 6.45) is -0.453. The Morgan fingerprint density at radius 3 is 3.17 bits per heavy atom. The maximum atomic E-state index is 13.2. The number of rotatable bonds is 0. The summed E-state index contributed by atoms with van der Waals surface area (Å²) in [6, 6.07) is 5.05. The highest BCUT2D eigenvalue weighted by Gasteiger charge is 2.20. The molecule has 1 aromatic carbocycles. The maximum absolute atomic E-state index is 13.2. The monoisotopic (exact) mass is 167 g/mol. The van der Waals surface area contributed by atoms with Gasteiger partial charge in [-0.05, 0) is 6.07 Å². The predicted octanol–water partition coefficient (Wildman–Crippen LogP) is 2.06. The van der Waals surface area contributed by atoms with Gasteiger partial charge in [0, 0.05) is 23.7 Å². The summed E-state index contributed by atoms with van der Waals surface area (Å²) in [7, 11) is 0. The van der Waals surface area contributed by atoms with Crippen LogP contribution >= 0.6 is 0 Å². The number of nitrogens with two attached hydrogens (primary N) is 1. The van der Waals surface area contributed by atoms with Crippen LogP contribution < -0.4 is 10.5 Å². The van der Waals surface area contributed by atoms with Crippen LogP contribution in [0.15, 0.2) is 18.2 Å². The molecular weight excluding hydrogens is 157 g/mol. The number of hydrogen-bond donors (Lipinski definition) is 1. The lowest BCUT2D eigenvalue weighted by Crippen LogP contribution is -2.11. The first-order valence-corrected chi connectivity index (χ1v) is 3.93. The maximum Gasteiger partial charge on any atom is 0.132 e. The first kappa shape index (κ1) is 7.40. The highest BCUT2D eigenvalue weighted by Crippen LogP contribution is 2.35. The Balaban J connectivity index is 2.46. The lowest BCUT2D eigenvalue weighted by Gasteiger charge is -2.20. The Morgan fingerprint density at radius 2 is 2.33 bits per heavy atom. The average Bonchev–Trinajstić information content (AvgIpc) is 2.04. The Bertz CT molecular complexity index is 301. The second-order valence-corrected chi connectivity index (χ2v) is 2.90. The van der Waals surface area contributed by atoms with E-state index in [2.05, 4.69) is 0 Å². The van der Waals surface area contributed by atoms with Crippen LogP contribution in [0.1, 0.15) is 18.2 Å². The van der Waals surface area contributed by atoms with Gasteiger partial charge >= 0.3 is 0 Å². The van der Waals surface area contributed by atoms with Crippen LogP contribution in [-0.2, 0) is 0 Å². The topological polar surface area (TPSA) is 35.2 Å². The van der Waals surface area contributed by atoms with Gasteiger partial charge in [-0.25, -0.2) is 4.39 Å². The smallest absolute Gasteiger partial charge is 0.132 e. The van der Waals surface area contributed by atoms with Gasteiger partial charge in [0.2, 0.25) is 0 Å². The molecule has 1 unspecified atom stereocenters. The molecule has 0 saturated heterocycles. The lowest BCUT2D eigenvalue weighted by molar-refractivity contribution is 0.200. The summed E-state index contributed by atoms with van der Waals surface area (Å²) in [5.74, 6) is 0.591. The van der Waals surface area contributed by atoms with Crippen LogP contribution in [0.25, 0.3) is 0 Å². The molecule has 0 saturated carbocycles. The zero-order chi connectivity index (χ0) is 8.55. The van der Waals surface area contributed by atoms with Crippen molar-refractivity contribution in [2.75, 3.05) is 12.3 Å². The van der Waals surface area contributed by atoms with Crippen LogP contribution in [0, 0.1) is 0 Å². The fourth-order valence-electron chi connectivity index (χ4n) is 1.36. The molecule has 2 N–H and O–H groups in total. The van der Waals surface area contributed by atoms with E-state index in [1.54, 1.807) is 18.2 Å². The molecule has 1 aliphatic rings. The lowest BCUT2D eigenvalue weighted by atomic mass is 10.0. The van der Waals surface area contributed by atoms with Crippen LogP contribution in [0.4, 0.5) is 10.1 Å². The van der Waals surface area contributed by atoms with Gasteiger partial charge in [-0.2, -0.15) is 0 Å². The molecule has 0 radical (unpaired) electrons. The molecule has 0 aromatic heterocycles. The van der Waals surface area contributed by atoms with E-state index in [9.17, 15) is 4.39 Å². The number of benzene rings is 1. The van der Waals surface area contributed by atoms with E-state index in [1.807, 2.05) is 0 Å². The second kappa shape index (κ2) is 2.66. The number of nitrogen functional groups attached to an aromatic ring is 1. The quantitative estimate of drug-likeness (QED) is 0.600. The molecule has 0 spiro atoms. The fourth-order valence-corrected chi connectivity index (χ4v) is 1.36. The summed E-state index contributed by atoms with van der Waals surface area (Å²) in [6.45, 7) is 0.442. The Kier molecular flexibility index (Phi) is 1.64. The molecule has 1 aliphatic heterocycles. The minimum Gasteiger partial charge on any atom is -0.493 e. The van der Waals surface area contributed by atoms with Crippen LogP contribution in [-0.4, -0.2) is 6.61 Å². The van der Waals surface area contributed by atoms with Crippen molar-refractivity contribution >= 4 is 5.69 Å². The molecule has 2 nitrogen and oxygen atoms in total. The highest BCUT2D eigenvalue weighted by molar-refractivity contribution is 5.49. The summed E-state index contributed by atoms with van der Waals surface area (Å²) in [4.78, 5) is 0. The van der Waals surface area contributed by atoms with Crippen molar-refractivity contribution in [3.63, 3.8) is 0 Å². The normalized spacial score (nSPS) is 21.2. The van der Waals surface area contributed by atoms with Gasteiger partial charge in [-0.15, -0.1) is 0 Å². The standard InChI is InChI=1S/C9H10FNO/c10-8-3-4-12-9-5-6(11)1-2-7(8)9/h1-2,5,8H,3-4,11H2. The van der Waals surface area contributed by atoms with Gasteiger partial charge in [-0.3, -0.25) is 0 Å². The third kappa shape index (κ3) is 1.11.